The fourth-order valence-corrected chi connectivity index (χ4v) is 2.02. The maximum absolute atomic E-state index is 12.9. The van der Waals surface area contributed by atoms with Crippen LogP contribution in [0.2, 0.25) is 0 Å². The number of nitro benzene ring substituents is 1. The van der Waals surface area contributed by atoms with Crippen molar-refractivity contribution in [2.75, 3.05) is 19.7 Å². The molecule has 1 aromatic carbocycles. The van der Waals surface area contributed by atoms with Crippen molar-refractivity contribution < 1.29 is 18.4 Å². The summed E-state index contributed by atoms with van der Waals surface area (Å²) in [6.45, 7) is 2.04. The molecule has 1 atom stereocenters. The molecule has 0 bridgehead atoms. The molecule has 19 heavy (non-hydrogen) atoms. The van der Waals surface area contributed by atoms with Crippen LogP contribution in [0.3, 0.4) is 0 Å². The third-order valence-corrected chi connectivity index (χ3v) is 3.08. The van der Waals surface area contributed by atoms with Gasteiger partial charge in [-0.15, -0.1) is 0 Å². The van der Waals surface area contributed by atoms with Gasteiger partial charge in [0.15, 0.2) is 0 Å². The predicted octanol–water partition coefficient (Wildman–Crippen LogP) is 2.52. The zero-order valence-corrected chi connectivity index (χ0v) is 10.1. The first-order valence-corrected chi connectivity index (χ1v) is 5.98. The van der Waals surface area contributed by atoms with Gasteiger partial charge in [-0.2, -0.15) is 0 Å². The number of hydrogen-bond acceptors (Lipinski definition) is 4. The lowest BCUT2D eigenvalue weighted by atomic mass is 10.1. The average Bonchev–Trinajstić information content (AvgIpc) is 2.89. The maximum Gasteiger partial charge on any atom is 0.270 e. The Balaban J connectivity index is 2.11. The summed E-state index contributed by atoms with van der Waals surface area (Å²) in [5.74, 6) is 0.313. The van der Waals surface area contributed by atoms with Crippen molar-refractivity contribution in [3.8, 4) is 5.75 Å². The Kier molecular flexibility index (Phi) is 4.26. The topological polar surface area (TPSA) is 64.4 Å². The van der Waals surface area contributed by atoms with Crippen LogP contribution in [-0.2, 0) is 0 Å². The van der Waals surface area contributed by atoms with Crippen LogP contribution in [0, 0.1) is 16.0 Å². The fraction of sp³-hybridized carbons (Fsp3) is 0.500. The van der Waals surface area contributed by atoms with E-state index in [1.165, 1.54) is 12.1 Å². The lowest BCUT2D eigenvalue weighted by Gasteiger charge is -2.13. The van der Waals surface area contributed by atoms with Crippen LogP contribution in [-0.4, -0.2) is 24.6 Å². The van der Waals surface area contributed by atoms with Gasteiger partial charge in [-0.1, -0.05) is 0 Å². The van der Waals surface area contributed by atoms with Crippen molar-refractivity contribution in [2.45, 2.75) is 12.8 Å². The molecule has 5 nitrogen and oxygen atoms in total. The predicted molar refractivity (Wildman–Crippen MR) is 64.5 cm³/mol. The summed E-state index contributed by atoms with van der Waals surface area (Å²) in [4.78, 5) is 9.87. The van der Waals surface area contributed by atoms with E-state index >= 15 is 0 Å². The van der Waals surface area contributed by atoms with Gasteiger partial charge in [0, 0.05) is 24.6 Å². The second kappa shape index (κ2) is 5.92. The van der Waals surface area contributed by atoms with E-state index < -0.39 is 16.9 Å². The highest BCUT2D eigenvalue weighted by molar-refractivity contribution is 5.44. The Labute approximate surface area is 108 Å². The highest BCUT2D eigenvalue weighted by Gasteiger charge is 2.21. The molecule has 0 aromatic heterocycles. The third kappa shape index (κ3) is 3.37. The first kappa shape index (κ1) is 13.7. The van der Waals surface area contributed by atoms with Gasteiger partial charge in [0.2, 0.25) is 0 Å². The normalized spacial score (nSPS) is 18.8. The van der Waals surface area contributed by atoms with Gasteiger partial charge in [-0.25, -0.2) is 8.78 Å². The number of non-ortho nitro benzene ring substituents is 1. The molecule has 0 aliphatic carbocycles. The molecular formula is C12H14F2N2O3. The van der Waals surface area contributed by atoms with Crippen LogP contribution in [0.5, 0.6) is 5.75 Å². The van der Waals surface area contributed by atoms with E-state index in [1.807, 2.05) is 0 Å². The van der Waals surface area contributed by atoms with Crippen LogP contribution >= 0.6 is 0 Å². The Morgan fingerprint density at radius 1 is 1.53 bits per heavy atom. The monoisotopic (exact) mass is 272 g/mol. The molecule has 1 heterocycles. The number of rotatable bonds is 5. The summed E-state index contributed by atoms with van der Waals surface area (Å²) in [5, 5.41) is 13.7. The van der Waals surface area contributed by atoms with Crippen molar-refractivity contribution in [3.63, 3.8) is 0 Å². The number of benzene rings is 1. The third-order valence-electron chi connectivity index (χ3n) is 3.08. The second-order valence-corrected chi connectivity index (χ2v) is 4.45. The molecule has 2 rings (SSSR count). The Morgan fingerprint density at radius 3 is 2.89 bits per heavy atom. The van der Waals surface area contributed by atoms with Crippen molar-refractivity contribution in [1.82, 2.24) is 5.32 Å². The highest BCUT2D eigenvalue weighted by Crippen LogP contribution is 2.32. The molecule has 7 heteroatoms. The van der Waals surface area contributed by atoms with E-state index in [2.05, 4.69) is 5.32 Å². The number of ether oxygens (including phenoxy) is 1. The van der Waals surface area contributed by atoms with Crippen LogP contribution in [0.25, 0.3) is 0 Å². The molecule has 0 amide bonds. The minimum Gasteiger partial charge on any atom is -0.493 e. The highest BCUT2D eigenvalue weighted by atomic mass is 19.3. The summed E-state index contributed by atoms with van der Waals surface area (Å²) in [5.41, 5.74) is -0.787. The first-order chi connectivity index (χ1) is 9.08. The van der Waals surface area contributed by atoms with E-state index in [4.69, 9.17) is 4.74 Å². The van der Waals surface area contributed by atoms with Crippen LogP contribution in [0.1, 0.15) is 18.4 Å². The molecule has 1 fully saturated rings. The zero-order chi connectivity index (χ0) is 13.8. The number of halogens is 2. The van der Waals surface area contributed by atoms with E-state index in [1.54, 1.807) is 0 Å². The number of hydrogen-bond donors (Lipinski definition) is 1. The molecule has 1 aliphatic heterocycles. The minimum absolute atomic E-state index is 0.0208. The number of nitro groups is 1. The summed E-state index contributed by atoms with van der Waals surface area (Å²) < 4.78 is 31.1. The number of nitrogens with one attached hydrogen (secondary N) is 1. The van der Waals surface area contributed by atoms with Gasteiger partial charge in [-0.05, 0) is 19.0 Å². The number of alkyl halides is 2. The lowest BCUT2D eigenvalue weighted by Crippen LogP contribution is -2.16. The molecule has 0 spiro atoms. The standard InChI is InChI=1S/C12H14F2N2O3/c13-12(14)10-5-9(16(17)18)1-2-11(10)19-7-8-3-4-15-6-8/h1-2,5,8,12,15H,3-4,6-7H2. The quantitative estimate of drug-likeness (QED) is 0.660. The Hall–Kier alpha value is -1.76. The second-order valence-electron chi connectivity index (χ2n) is 4.45. The van der Waals surface area contributed by atoms with Gasteiger partial charge in [0.05, 0.1) is 17.1 Å². The molecule has 1 unspecified atom stereocenters. The van der Waals surface area contributed by atoms with Crippen LogP contribution in [0.4, 0.5) is 14.5 Å². The van der Waals surface area contributed by atoms with E-state index in [0.717, 1.165) is 25.6 Å². The molecule has 104 valence electrons. The van der Waals surface area contributed by atoms with Crippen molar-refractivity contribution >= 4 is 5.69 Å². The van der Waals surface area contributed by atoms with E-state index in [0.29, 0.717) is 12.5 Å². The fourth-order valence-electron chi connectivity index (χ4n) is 2.02. The van der Waals surface area contributed by atoms with Crippen LogP contribution in [0.15, 0.2) is 18.2 Å². The van der Waals surface area contributed by atoms with Gasteiger partial charge < -0.3 is 10.1 Å². The zero-order valence-electron chi connectivity index (χ0n) is 10.1. The molecule has 0 radical (unpaired) electrons. The maximum atomic E-state index is 12.9. The average molecular weight is 272 g/mol. The summed E-state index contributed by atoms with van der Waals surface area (Å²) in [7, 11) is 0. The van der Waals surface area contributed by atoms with E-state index in [-0.39, 0.29) is 11.4 Å². The molecule has 1 aliphatic rings. The van der Waals surface area contributed by atoms with Crippen molar-refractivity contribution in [3.05, 3.63) is 33.9 Å². The van der Waals surface area contributed by atoms with Gasteiger partial charge in [0.25, 0.3) is 12.1 Å². The van der Waals surface area contributed by atoms with Crippen molar-refractivity contribution in [1.29, 1.82) is 0 Å². The smallest absolute Gasteiger partial charge is 0.270 e. The number of nitrogens with zero attached hydrogens (tertiary/aromatic N) is 1. The van der Waals surface area contributed by atoms with Crippen LogP contribution < -0.4 is 10.1 Å². The minimum atomic E-state index is -2.79. The summed E-state index contributed by atoms with van der Waals surface area (Å²) in [6, 6.07) is 3.28. The Morgan fingerprint density at radius 2 is 2.32 bits per heavy atom. The molecular weight excluding hydrogens is 258 g/mol. The van der Waals surface area contributed by atoms with Gasteiger partial charge in [0.1, 0.15) is 5.75 Å². The molecule has 1 aromatic rings. The van der Waals surface area contributed by atoms with Gasteiger partial charge in [-0.3, -0.25) is 10.1 Å². The molecule has 1 N–H and O–H groups in total. The lowest BCUT2D eigenvalue weighted by molar-refractivity contribution is -0.385. The SMILES string of the molecule is O=[N+]([O-])c1ccc(OCC2CCNC2)c(C(F)F)c1. The van der Waals surface area contributed by atoms with Gasteiger partial charge >= 0.3 is 0 Å². The van der Waals surface area contributed by atoms with Crippen molar-refractivity contribution in [2.24, 2.45) is 5.92 Å². The summed E-state index contributed by atoms with van der Waals surface area (Å²) in [6.07, 6.45) is -1.85. The molecule has 1 saturated heterocycles. The largest absolute Gasteiger partial charge is 0.493 e. The van der Waals surface area contributed by atoms with E-state index in [9.17, 15) is 18.9 Å². The summed E-state index contributed by atoms with van der Waals surface area (Å²) >= 11 is 0. The Bertz CT molecular complexity index is 462. The molecule has 0 saturated carbocycles. The first-order valence-electron chi connectivity index (χ1n) is 5.98.